The van der Waals surface area contributed by atoms with Crippen molar-refractivity contribution < 1.29 is 4.79 Å². The summed E-state index contributed by atoms with van der Waals surface area (Å²) in [5.41, 5.74) is 2.69. The summed E-state index contributed by atoms with van der Waals surface area (Å²) in [6.45, 7) is 5.42. The third kappa shape index (κ3) is 2.42. The number of aromatic nitrogens is 2. The van der Waals surface area contributed by atoms with E-state index in [4.69, 9.17) is 0 Å². The molecule has 2 bridgehead atoms. The maximum atomic E-state index is 12.4. The van der Waals surface area contributed by atoms with Gasteiger partial charge in [0.05, 0.1) is 6.33 Å². The molecular weight excluding hydrogens is 264 g/mol. The van der Waals surface area contributed by atoms with Crippen LogP contribution in [0.1, 0.15) is 28.9 Å². The number of nitrogens with one attached hydrogen (secondary N) is 1. The Bertz CT molecular complexity index is 681. The first kappa shape index (κ1) is 12.8. The number of aryl methyl sites for hydroxylation is 1. The number of piperidine rings is 1. The van der Waals surface area contributed by atoms with E-state index in [0.29, 0.717) is 5.69 Å². The van der Waals surface area contributed by atoms with E-state index in [1.807, 2.05) is 23.6 Å². The molecule has 2 aliphatic rings. The maximum Gasteiger partial charge on any atom is 0.270 e. The molecule has 4 heterocycles. The molecule has 2 aromatic rings. The monoisotopic (exact) mass is 284 g/mol. The third-order valence-electron chi connectivity index (χ3n) is 4.66. The van der Waals surface area contributed by atoms with Gasteiger partial charge in [0.15, 0.2) is 0 Å². The van der Waals surface area contributed by atoms with E-state index < -0.39 is 0 Å². The van der Waals surface area contributed by atoms with Crippen molar-refractivity contribution >= 4 is 11.4 Å². The van der Waals surface area contributed by atoms with Gasteiger partial charge in [0, 0.05) is 30.8 Å². The molecule has 0 saturated carbocycles. The molecule has 0 aromatic carbocycles. The summed E-state index contributed by atoms with van der Waals surface area (Å²) in [4.78, 5) is 19.1. The molecule has 2 saturated heterocycles. The molecule has 21 heavy (non-hydrogen) atoms. The lowest BCUT2D eigenvalue weighted by molar-refractivity contribution is 0.0904. The van der Waals surface area contributed by atoms with E-state index in [0.717, 1.165) is 24.4 Å². The van der Waals surface area contributed by atoms with Crippen molar-refractivity contribution in [1.82, 2.24) is 19.6 Å². The summed E-state index contributed by atoms with van der Waals surface area (Å²) in [5.74, 6) is 0.705. The van der Waals surface area contributed by atoms with Gasteiger partial charge in [0.1, 0.15) is 5.69 Å². The molecule has 0 aliphatic carbocycles. The van der Waals surface area contributed by atoms with Crippen molar-refractivity contribution in [2.75, 3.05) is 19.6 Å². The molecule has 1 unspecified atom stereocenters. The number of carbonyl (C=O) groups excluding carboxylic acids is 1. The highest BCUT2D eigenvalue weighted by molar-refractivity contribution is 5.93. The second-order valence-electron chi connectivity index (χ2n) is 6.44. The molecule has 4 rings (SSSR count). The zero-order chi connectivity index (χ0) is 14.4. The second-order valence-corrected chi connectivity index (χ2v) is 6.44. The minimum absolute atomic E-state index is 0.0520. The Morgan fingerprint density at radius 2 is 2.29 bits per heavy atom. The molecule has 1 amide bonds. The Balaban J connectivity index is 1.50. The predicted octanol–water partition coefficient (Wildman–Crippen LogP) is 1.47. The third-order valence-corrected chi connectivity index (χ3v) is 4.66. The van der Waals surface area contributed by atoms with E-state index in [9.17, 15) is 4.79 Å². The van der Waals surface area contributed by atoms with Gasteiger partial charge in [-0.05, 0) is 49.9 Å². The SMILES string of the molecule is Cc1cc2cc(C(=O)N[C@@H]3C[C@@H]4CCN(C4)C3)ncn2c1. The largest absolute Gasteiger partial charge is 0.347 e. The minimum Gasteiger partial charge on any atom is -0.347 e. The molecule has 5 nitrogen and oxygen atoms in total. The van der Waals surface area contributed by atoms with Gasteiger partial charge in [0.2, 0.25) is 0 Å². The van der Waals surface area contributed by atoms with Crippen LogP contribution in [0.15, 0.2) is 24.7 Å². The van der Waals surface area contributed by atoms with Gasteiger partial charge in [-0.25, -0.2) is 4.98 Å². The Labute approximate surface area is 124 Å². The average molecular weight is 284 g/mol. The molecule has 2 aromatic heterocycles. The average Bonchev–Trinajstić information content (AvgIpc) is 2.99. The zero-order valence-electron chi connectivity index (χ0n) is 12.2. The van der Waals surface area contributed by atoms with Crippen LogP contribution in [0.3, 0.4) is 0 Å². The Morgan fingerprint density at radius 3 is 3.14 bits per heavy atom. The van der Waals surface area contributed by atoms with Crippen molar-refractivity contribution in [3.05, 3.63) is 35.9 Å². The lowest BCUT2D eigenvalue weighted by atomic mass is 9.97. The van der Waals surface area contributed by atoms with E-state index in [1.54, 1.807) is 6.33 Å². The van der Waals surface area contributed by atoms with Crippen molar-refractivity contribution in [2.45, 2.75) is 25.8 Å². The first-order valence-electron chi connectivity index (χ1n) is 7.65. The quantitative estimate of drug-likeness (QED) is 0.908. The zero-order valence-corrected chi connectivity index (χ0v) is 12.2. The fourth-order valence-electron chi connectivity index (χ4n) is 3.70. The highest BCUT2D eigenvalue weighted by Gasteiger charge is 2.33. The van der Waals surface area contributed by atoms with Crippen molar-refractivity contribution in [2.24, 2.45) is 5.92 Å². The number of hydrogen-bond donors (Lipinski definition) is 1. The molecule has 0 radical (unpaired) electrons. The molecule has 3 atom stereocenters. The maximum absolute atomic E-state index is 12.4. The molecule has 2 aliphatic heterocycles. The standard InChI is InChI=1S/C16H20N4O/c1-11-4-14-6-15(17-10-20(14)7-11)16(21)18-13-5-12-2-3-19(8-12)9-13/h4,6-7,10,12-13H,2-3,5,8-9H2,1H3,(H,18,21)/t12-,13+/m0/s1. The second kappa shape index (κ2) is 4.84. The number of amides is 1. The lowest BCUT2D eigenvalue weighted by Crippen LogP contribution is -2.47. The highest BCUT2D eigenvalue weighted by Crippen LogP contribution is 2.26. The van der Waals surface area contributed by atoms with Gasteiger partial charge >= 0.3 is 0 Å². The first-order valence-corrected chi connectivity index (χ1v) is 7.65. The Hall–Kier alpha value is -1.88. The van der Waals surface area contributed by atoms with Crippen LogP contribution in [0.25, 0.3) is 5.52 Å². The van der Waals surface area contributed by atoms with Crippen LogP contribution in [0, 0.1) is 12.8 Å². The van der Waals surface area contributed by atoms with Gasteiger partial charge in [-0.15, -0.1) is 0 Å². The van der Waals surface area contributed by atoms with E-state index in [1.165, 1.54) is 25.1 Å². The number of rotatable bonds is 2. The highest BCUT2D eigenvalue weighted by atomic mass is 16.1. The van der Waals surface area contributed by atoms with Gasteiger partial charge in [-0.1, -0.05) is 0 Å². The lowest BCUT2D eigenvalue weighted by Gasteiger charge is -2.30. The summed E-state index contributed by atoms with van der Waals surface area (Å²) in [6.07, 6.45) is 6.11. The molecule has 110 valence electrons. The molecular formula is C16H20N4O. The molecule has 1 N–H and O–H groups in total. The topological polar surface area (TPSA) is 49.6 Å². The van der Waals surface area contributed by atoms with Crippen molar-refractivity contribution in [3.8, 4) is 0 Å². The fourth-order valence-corrected chi connectivity index (χ4v) is 3.70. The molecule has 0 spiro atoms. The summed E-state index contributed by atoms with van der Waals surface area (Å²) in [7, 11) is 0. The number of carbonyl (C=O) groups is 1. The van der Waals surface area contributed by atoms with Crippen LogP contribution in [-0.2, 0) is 0 Å². The van der Waals surface area contributed by atoms with E-state index >= 15 is 0 Å². The van der Waals surface area contributed by atoms with Crippen LogP contribution < -0.4 is 5.32 Å². The Kier molecular flexibility index (Phi) is 2.96. The van der Waals surface area contributed by atoms with Crippen LogP contribution in [-0.4, -0.2) is 45.9 Å². The number of fused-ring (bicyclic) bond motifs is 3. The number of hydrogen-bond acceptors (Lipinski definition) is 3. The van der Waals surface area contributed by atoms with Crippen molar-refractivity contribution in [1.29, 1.82) is 0 Å². The summed E-state index contributed by atoms with van der Waals surface area (Å²) in [6, 6.07) is 4.19. The van der Waals surface area contributed by atoms with Gasteiger partial charge in [-0.2, -0.15) is 0 Å². The molecule has 2 fully saturated rings. The Morgan fingerprint density at radius 1 is 1.38 bits per heavy atom. The van der Waals surface area contributed by atoms with Gasteiger partial charge in [-0.3, -0.25) is 4.79 Å². The van der Waals surface area contributed by atoms with Gasteiger partial charge < -0.3 is 14.6 Å². The van der Waals surface area contributed by atoms with E-state index in [-0.39, 0.29) is 11.9 Å². The summed E-state index contributed by atoms with van der Waals surface area (Å²) >= 11 is 0. The minimum atomic E-state index is -0.0520. The smallest absolute Gasteiger partial charge is 0.270 e. The van der Waals surface area contributed by atoms with Crippen LogP contribution in [0.2, 0.25) is 0 Å². The van der Waals surface area contributed by atoms with Crippen LogP contribution in [0.5, 0.6) is 0 Å². The van der Waals surface area contributed by atoms with Gasteiger partial charge in [0.25, 0.3) is 5.91 Å². The summed E-state index contributed by atoms with van der Waals surface area (Å²) < 4.78 is 1.94. The summed E-state index contributed by atoms with van der Waals surface area (Å²) in [5, 5.41) is 3.16. The molecule has 5 heteroatoms. The van der Waals surface area contributed by atoms with Crippen LogP contribution >= 0.6 is 0 Å². The van der Waals surface area contributed by atoms with Crippen LogP contribution in [0.4, 0.5) is 0 Å². The van der Waals surface area contributed by atoms with Crippen molar-refractivity contribution in [3.63, 3.8) is 0 Å². The van der Waals surface area contributed by atoms with E-state index in [2.05, 4.69) is 21.3 Å². The fraction of sp³-hybridized carbons (Fsp3) is 0.500. The number of nitrogens with zero attached hydrogens (tertiary/aromatic N) is 3. The predicted molar refractivity (Wildman–Crippen MR) is 80.3 cm³/mol. The normalized spacial score (nSPS) is 28.0. The first-order chi connectivity index (χ1) is 10.2.